The average molecular weight is 291 g/mol. The maximum atomic E-state index is 13.4. The molecular formula is C18H29NO2. The zero-order chi connectivity index (χ0) is 14.4. The first-order chi connectivity index (χ1) is 10.2. The van der Waals surface area contributed by atoms with Crippen LogP contribution in [0.1, 0.15) is 64.2 Å². The number of aliphatic hydroxyl groups excluding tert-OH is 1. The van der Waals surface area contributed by atoms with Crippen LogP contribution in [0.3, 0.4) is 0 Å². The minimum absolute atomic E-state index is 0.000203. The van der Waals surface area contributed by atoms with E-state index in [0.29, 0.717) is 11.9 Å². The van der Waals surface area contributed by atoms with Crippen molar-refractivity contribution in [2.24, 2.45) is 23.2 Å². The van der Waals surface area contributed by atoms with E-state index in [0.717, 1.165) is 43.6 Å². The molecule has 1 heterocycles. The van der Waals surface area contributed by atoms with Gasteiger partial charge in [0, 0.05) is 19.2 Å². The van der Waals surface area contributed by atoms with E-state index < -0.39 is 0 Å². The predicted octanol–water partition coefficient (Wildman–Crippen LogP) is 2.97. The maximum Gasteiger partial charge on any atom is 0.229 e. The van der Waals surface area contributed by atoms with Gasteiger partial charge >= 0.3 is 0 Å². The smallest absolute Gasteiger partial charge is 0.229 e. The quantitative estimate of drug-likeness (QED) is 0.868. The van der Waals surface area contributed by atoms with Gasteiger partial charge in [-0.2, -0.15) is 0 Å². The van der Waals surface area contributed by atoms with Crippen molar-refractivity contribution in [1.82, 2.24) is 4.90 Å². The zero-order valence-electron chi connectivity index (χ0n) is 13.1. The normalized spacial score (nSPS) is 45.1. The molecule has 0 aromatic heterocycles. The molecule has 4 saturated carbocycles. The largest absolute Gasteiger partial charge is 0.396 e. The third-order valence-corrected chi connectivity index (χ3v) is 6.84. The highest BCUT2D eigenvalue weighted by atomic mass is 16.3. The van der Waals surface area contributed by atoms with Crippen LogP contribution in [0.15, 0.2) is 0 Å². The van der Waals surface area contributed by atoms with E-state index in [-0.39, 0.29) is 12.0 Å². The van der Waals surface area contributed by atoms with Gasteiger partial charge in [0.2, 0.25) is 5.91 Å². The Hall–Kier alpha value is -0.570. The van der Waals surface area contributed by atoms with Crippen LogP contribution in [0.2, 0.25) is 0 Å². The van der Waals surface area contributed by atoms with Crippen LogP contribution in [-0.2, 0) is 4.79 Å². The van der Waals surface area contributed by atoms with Crippen molar-refractivity contribution in [1.29, 1.82) is 0 Å². The molecule has 118 valence electrons. The lowest BCUT2D eigenvalue weighted by atomic mass is 9.49. The van der Waals surface area contributed by atoms with Crippen LogP contribution in [0.4, 0.5) is 0 Å². The second kappa shape index (κ2) is 5.26. The van der Waals surface area contributed by atoms with Crippen LogP contribution < -0.4 is 0 Å². The highest BCUT2D eigenvalue weighted by molar-refractivity contribution is 5.83. The van der Waals surface area contributed by atoms with Crippen LogP contribution in [0.25, 0.3) is 0 Å². The maximum absolute atomic E-state index is 13.4. The fraction of sp³-hybridized carbons (Fsp3) is 0.944. The van der Waals surface area contributed by atoms with Crippen LogP contribution in [0, 0.1) is 23.2 Å². The molecule has 0 aromatic rings. The van der Waals surface area contributed by atoms with Crippen molar-refractivity contribution in [2.75, 3.05) is 13.2 Å². The van der Waals surface area contributed by atoms with Crippen LogP contribution in [0.5, 0.6) is 0 Å². The van der Waals surface area contributed by atoms with E-state index in [1.807, 2.05) is 0 Å². The number of nitrogens with zero attached hydrogens (tertiary/aromatic N) is 1. The van der Waals surface area contributed by atoms with Gasteiger partial charge in [-0.05, 0) is 82.0 Å². The van der Waals surface area contributed by atoms with Gasteiger partial charge in [0.1, 0.15) is 0 Å². The second-order valence-electron chi connectivity index (χ2n) is 8.36. The highest BCUT2D eigenvalue weighted by Gasteiger charge is 2.56. The number of hydrogen-bond acceptors (Lipinski definition) is 2. The summed E-state index contributed by atoms with van der Waals surface area (Å²) in [6.45, 7) is 1.15. The molecule has 1 saturated heterocycles. The zero-order valence-corrected chi connectivity index (χ0v) is 13.1. The van der Waals surface area contributed by atoms with Crippen molar-refractivity contribution in [2.45, 2.75) is 70.3 Å². The monoisotopic (exact) mass is 291 g/mol. The van der Waals surface area contributed by atoms with Crippen molar-refractivity contribution < 1.29 is 9.90 Å². The molecule has 4 aliphatic carbocycles. The van der Waals surface area contributed by atoms with Crippen LogP contribution >= 0.6 is 0 Å². The Morgan fingerprint density at radius 3 is 2.24 bits per heavy atom. The fourth-order valence-electron chi connectivity index (χ4n) is 6.39. The minimum Gasteiger partial charge on any atom is -0.396 e. The third kappa shape index (κ3) is 2.32. The first kappa shape index (κ1) is 14.0. The molecule has 5 fully saturated rings. The van der Waals surface area contributed by atoms with E-state index in [9.17, 15) is 9.90 Å². The van der Waals surface area contributed by atoms with Gasteiger partial charge in [0.15, 0.2) is 0 Å². The summed E-state index contributed by atoms with van der Waals surface area (Å²) in [4.78, 5) is 15.6. The van der Waals surface area contributed by atoms with Gasteiger partial charge in [0.05, 0.1) is 5.41 Å². The molecule has 3 heteroatoms. The number of carbonyl (C=O) groups is 1. The van der Waals surface area contributed by atoms with Crippen molar-refractivity contribution in [3.63, 3.8) is 0 Å². The molecule has 1 unspecified atom stereocenters. The number of piperidine rings is 1. The van der Waals surface area contributed by atoms with Gasteiger partial charge < -0.3 is 10.0 Å². The van der Waals surface area contributed by atoms with E-state index in [1.54, 1.807) is 0 Å². The fourth-order valence-corrected chi connectivity index (χ4v) is 6.39. The molecule has 1 atom stereocenters. The molecule has 4 bridgehead atoms. The lowest BCUT2D eigenvalue weighted by molar-refractivity contribution is -0.161. The molecule has 0 radical (unpaired) electrons. The third-order valence-electron chi connectivity index (χ3n) is 6.84. The summed E-state index contributed by atoms with van der Waals surface area (Å²) >= 11 is 0. The SMILES string of the molecule is O=C(N1CCCCC1CCO)C12CC3CC(CC(C3)C1)C2. The number of likely N-dealkylation sites (tertiary alicyclic amines) is 1. The summed E-state index contributed by atoms with van der Waals surface area (Å²) in [5.41, 5.74) is -0.000203. The first-order valence-electron chi connectivity index (χ1n) is 9.12. The lowest BCUT2D eigenvalue weighted by Crippen LogP contribution is -2.57. The van der Waals surface area contributed by atoms with E-state index in [2.05, 4.69) is 4.90 Å². The predicted molar refractivity (Wildman–Crippen MR) is 81.7 cm³/mol. The molecular weight excluding hydrogens is 262 g/mol. The highest BCUT2D eigenvalue weighted by Crippen LogP contribution is 2.60. The Bertz CT molecular complexity index is 382. The minimum atomic E-state index is -0.000203. The average Bonchev–Trinajstić information content (AvgIpc) is 2.46. The molecule has 5 rings (SSSR count). The second-order valence-corrected chi connectivity index (χ2v) is 8.36. The van der Waals surface area contributed by atoms with Gasteiger partial charge in [0.25, 0.3) is 0 Å². The summed E-state index contributed by atoms with van der Waals surface area (Å²) in [6, 6.07) is 0.309. The molecule has 5 aliphatic rings. The Balaban J connectivity index is 1.55. The molecule has 1 aliphatic heterocycles. The molecule has 3 nitrogen and oxygen atoms in total. The Labute approximate surface area is 128 Å². The van der Waals surface area contributed by atoms with Crippen LogP contribution in [-0.4, -0.2) is 35.1 Å². The van der Waals surface area contributed by atoms with Crippen molar-refractivity contribution >= 4 is 5.91 Å². The summed E-state index contributed by atoms with van der Waals surface area (Å²) < 4.78 is 0. The van der Waals surface area contributed by atoms with Gasteiger partial charge in [-0.25, -0.2) is 0 Å². The molecule has 0 aromatic carbocycles. The van der Waals surface area contributed by atoms with Crippen molar-refractivity contribution in [3.8, 4) is 0 Å². The van der Waals surface area contributed by atoms with E-state index in [1.165, 1.54) is 44.9 Å². The molecule has 21 heavy (non-hydrogen) atoms. The Kier molecular flexibility index (Phi) is 3.52. The van der Waals surface area contributed by atoms with Gasteiger partial charge in [-0.1, -0.05) is 0 Å². The Morgan fingerprint density at radius 1 is 1.05 bits per heavy atom. The lowest BCUT2D eigenvalue weighted by Gasteiger charge is -2.57. The number of rotatable bonds is 3. The summed E-state index contributed by atoms with van der Waals surface area (Å²) in [7, 11) is 0. The topological polar surface area (TPSA) is 40.5 Å². The van der Waals surface area contributed by atoms with E-state index in [4.69, 9.17) is 0 Å². The molecule has 1 amide bonds. The summed E-state index contributed by atoms with van der Waals surface area (Å²) in [5, 5.41) is 9.31. The van der Waals surface area contributed by atoms with Gasteiger partial charge in [-0.3, -0.25) is 4.79 Å². The standard InChI is InChI=1S/C18H29NO2/c20-6-4-16-3-1-2-5-19(16)17(21)18-10-13-7-14(11-18)9-15(8-13)12-18/h13-16,20H,1-12H2. The number of carbonyl (C=O) groups excluding carboxylic acids is 1. The number of aliphatic hydroxyl groups is 1. The van der Waals surface area contributed by atoms with Crippen molar-refractivity contribution in [3.05, 3.63) is 0 Å². The summed E-state index contributed by atoms with van der Waals surface area (Å²) in [5.74, 6) is 2.98. The molecule has 0 spiro atoms. The van der Waals surface area contributed by atoms with Gasteiger partial charge in [-0.15, -0.1) is 0 Å². The number of amides is 1. The molecule has 1 N–H and O–H groups in total. The first-order valence-corrected chi connectivity index (χ1v) is 9.12. The number of hydrogen-bond donors (Lipinski definition) is 1. The van der Waals surface area contributed by atoms with E-state index >= 15 is 0 Å². The summed E-state index contributed by atoms with van der Waals surface area (Å²) in [6.07, 6.45) is 11.9. The Morgan fingerprint density at radius 2 is 1.67 bits per heavy atom.